The van der Waals surface area contributed by atoms with Crippen molar-refractivity contribution < 1.29 is 19.1 Å². The minimum Gasteiger partial charge on any atom is -0.493 e. The Bertz CT molecular complexity index is 1230. The summed E-state index contributed by atoms with van der Waals surface area (Å²) in [4.78, 5) is 30.1. The van der Waals surface area contributed by atoms with Crippen LogP contribution in [0.15, 0.2) is 72.0 Å². The Morgan fingerprint density at radius 1 is 1.06 bits per heavy atom. The summed E-state index contributed by atoms with van der Waals surface area (Å²) in [5.41, 5.74) is 3.40. The Balaban J connectivity index is 1.74. The third-order valence-corrected chi connectivity index (χ3v) is 6.21. The Kier molecular flexibility index (Phi) is 7.12. The first-order valence-corrected chi connectivity index (χ1v) is 11.5. The molecule has 0 saturated heterocycles. The van der Waals surface area contributed by atoms with Gasteiger partial charge >= 0.3 is 5.24 Å². The van der Waals surface area contributed by atoms with Gasteiger partial charge in [-0.3, -0.25) is 14.6 Å². The van der Waals surface area contributed by atoms with Gasteiger partial charge in [0.05, 0.1) is 19.9 Å². The van der Waals surface area contributed by atoms with Crippen LogP contribution in [0.4, 0.5) is 4.79 Å². The van der Waals surface area contributed by atoms with E-state index in [1.165, 1.54) is 5.01 Å². The lowest BCUT2D eigenvalue weighted by molar-refractivity contribution is 0.0882. The molecule has 4 rings (SSSR count). The van der Waals surface area contributed by atoms with Crippen LogP contribution in [0, 0.1) is 6.92 Å². The molecule has 0 spiro atoms. The normalized spacial score (nSPS) is 14.3. The van der Waals surface area contributed by atoms with Crippen LogP contribution in [0.25, 0.3) is 0 Å². The number of aromatic nitrogens is 1. The quantitative estimate of drug-likeness (QED) is 0.543. The van der Waals surface area contributed by atoms with Crippen molar-refractivity contribution in [2.24, 2.45) is 5.10 Å². The van der Waals surface area contributed by atoms with Crippen LogP contribution in [0.5, 0.6) is 11.5 Å². The number of rotatable bonds is 7. The third kappa shape index (κ3) is 4.89. The fourth-order valence-electron chi connectivity index (χ4n) is 3.58. The second kappa shape index (κ2) is 10.4. The number of pyridine rings is 1. The predicted octanol–water partition coefficient (Wildman–Crippen LogP) is 4.41. The van der Waals surface area contributed by atoms with Crippen LogP contribution in [-0.4, -0.2) is 46.8 Å². The summed E-state index contributed by atoms with van der Waals surface area (Å²) in [6, 6.07) is 18.1. The molecule has 1 aliphatic rings. The lowest BCUT2D eigenvalue weighted by Crippen LogP contribution is -2.43. The summed E-state index contributed by atoms with van der Waals surface area (Å²) in [6.07, 6.45) is 0.735. The number of hydrogen-bond acceptors (Lipinski definition) is 7. The van der Waals surface area contributed by atoms with Crippen molar-refractivity contribution in [2.75, 3.05) is 20.0 Å². The predicted molar refractivity (Wildman–Crippen MR) is 131 cm³/mol. The van der Waals surface area contributed by atoms with Crippen LogP contribution in [0.1, 0.15) is 33.3 Å². The maximum absolute atomic E-state index is 13.0. The number of nitrogens with one attached hydrogen (secondary N) is 1. The van der Waals surface area contributed by atoms with Crippen molar-refractivity contribution in [3.8, 4) is 11.5 Å². The van der Waals surface area contributed by atoms with E-state index in [0.717, 1.165) is 28.5 Å². The molecule has 34 heavy (non-hydrogen) atoms. The van der Waals surface area contributed by atoms with Gasteiger partial charge in [0.15, 0.2) is 17.7 Å². The molecule has 174 valence electrons. The van der Waals surface area contributed by atoms with E-state index < -0.39 is 12.1 Å². The van der Waals surface area contributed by atoms with Gasteiger partial charge in [-0.15, -0.1) is 0 Å². The number of benzene rings is 2. The molecule has 0 fully saturated rings. The van der Waals surface area contributed by atoms with Crippen molar-refractivity contribution in [2.45, 2.75) is 13.1 Å². The molecule has 3 aromatic rings. The number of aryl methyl sites for hydroxylation is 1. The molecule has 2 aromatic carbocycles. The molecule has 1 unspecified atom stereocenters. The zero-order valence-electron chi connectivity index (χ0n) is 19.0. The molecule has 0 radical (unpaired) electrons. The minimum atomic E-state index is -0.814. The molecular formula is C25H24N4O4S. The van der Waals surface area contributed by atoms with E-state index in [2.05, 4.69) is 15.4 Å². The zero-order valence-corrected chi connectivity index (χ0v) is 19.8. The molecule has 2 heterocycles. The summed E-state index contributed by atoms with van der Waals surface area (Å²) >= 11 is 1.12. The number of nitrogens with zero attached hydrogens (tertiary/aromatic N) is 3. The second-order valence-corrected chi connectivity index (χ2v) is 8.39. The number of thioether (sulfide) groups is 1. The highest BCUT2D eigenvalue weighted by Crippen LogP contribution is 2.32. The highest BCUT2D eigenvalue weighted by Gasteiger charge is 2.32. The number of hydrogen-bond donors (Lipinski definition) is 1. The monoisotopic (exact) mass is 476 g/mol. The summed E-state index contributed by atoms with van der Waals surface area (Å²) in [5.74, 6) is 1.15. The first-order valence-electron chi connectivity index (χ1n) is 10.5. The number of ether oxygens (including phenoxy) is 2. The summed E-state index contributed by atoms with van der Waals surface area (Å²) < 4.78 is 10.7. The molecule has 1 aliphatic heterocycles. The summed E-state index contributed by atoms with van der Waals surface area (Å²) in [7, 11) is 3.14. The van der Waals surface area contributed by atoms with E-state index in [4.69, 9.17) is 9.47 Å². The molecule has 0 aliphatic carbocycles. The van der Waals surface area contributed by atoms with E-state index in [0.29, 0.717) is 23.0 Å². The van der Waals surface area contributed by atoms with Crippen molar-refractivity contribution in [1.29, 1.82) is 0 Å². The number of methoxy groups -OCH3 is 2. The third-order valence-electron chi connectivity index (χ3n) is 5.36. The maximum atomic E-state index is 13.0. The first-order chi connectivity index (χ1) is 16.5. The fourth-order valence-corrected chi connectivity index (χ4v) is 4.34. The van der Waals surface area contributed by atoms with E-state index in [1.54, 1.807) is 44.7 Å². The van der Waals surface area contributed by atoms with Gasteiger partial charge in [0.1, 0.15) is 5.69 Å². The van der Waals surface area contributed by atoms with Gasteiger partial charge in [0, 0.05) is 17.5 Å². The average Bonchev–Trinajstić information content (AvgIpc) is 2.88. The van der Waals surface area contributed by atoms with Gasteiger partial charge in [-0.25, -0.2) is 0 Å². The van der Waals surface area contributed by atoms with Gasteiger partial charge in [0.25, 0.3) is 5.91 Å². The topological polar surface area (TPSA) is 93.1 Å². The lowest BCUT2D eigenvalue weighted by atomic mass is 10.1. The van der Waals surface area contributed by atoms with Crippen LogP contribution in [-0.2, 0) is 0 Å². The molecule has 1 N–H and O–H groups in total. The van der Waals surface area contributed by atoms with Gasteiger partial charge in [-0.05, 0) is 48.4 Å². The van der Waals surface area contributed by atoms with E-state index in [1.807, 2.05) is 43.3 Å². The lowest BCUT2D eigenvalue weighted by Gasteiger charge is -2.32. The fraction of sp³-hybridized carbons (Fsp3) is 0.200. The standard InChI is InChI=1S/C25H24N4O4S/c1-16-8-4-5-9-18(16)23(27-24(30)19-10-6-7-13-26-19)29-25(31)34-15-20(28-29)17-11-12-21(32-2)22(14-17)33-3/h4-14,23H,15H2,1-3H3,(H,27,30). The second-order valence-electron chi connectivity index (χ2n) is 7.46. The van der Waals surface area contributed by atoms with Gasteiger partial charge < -0.3 is 14.8 Å². The molecule has 8 nitrogen and oxygen atoms in total. The molecule has 2 amide bonds. The number of hydrazone groups is 1. The number of amides is 2. The molecule has 1 aromatic heterocycles. The van der Waals surface area contributed by atoms with Gasteiger partial charge in [-0.2, -0.15) is 10.1 Å². The van der Waals surface area contributed by atoms with Crippen molar-refractivity contribution in [3.05, 3.63) is 89.2 Å². The van der Waals surface area contributed by atoms with Crippen LogP contribution >= 0.6 is 11.8 Å². The Labute approximate surface area is 202 Å². The van der Waals surface area contributed by atoms with Crippen molar-refractivity contribution in [1.82, 2.24) is 15.3 Å². The van der Waals surface area contributed by atoms with Gasteiger partial charge in [0.2, 0.25) is 0 Å². The van der Waals surface area contributed by atoms with E-state index in [9.17, 15) is 9.59 Å². The maximum Gasteiger partial charge on any atom is 0.304 e. The Hall–Kier alpha value is -3.85. The minimum absolute atomic E-state index is 0.252. The highest BCUT2D eigenvalue weighted by atomic mass is 32.2. The molecule has 9 heteroatoms. The van der Waals surface area contributed by atoms with E-state index >= 15 is 0 Å². The smallest absolute Gasteiger partial charge is 0.304 e. The molecule has 0 saturated carbocycles. The highest BCUT2D eigenvalue weighted by molar-refractivity contribution is 8.14. The first kappa shape index (κ1) is 23.3. The number of carbonyl (C=O) groups is 2. The molecular weight excluding hydrogens is 452 g/mol. The van der Waals surface area contributed by atoms with Crippen LogP contribution in [0.2, 0.25) is 0 Å². The van der Waals surface area contributed by atoms with Crippen LogP contribution in [0.3, 0.4) is 0 Å². The van der Waals surface area contributed by atoms with Crippen molar-refractivity contribution >= 4 is 28.6 Å². The summed E-state index contributed by atoms with van der Waals surface area (Å²) in [5, 5.41) is 8.68. The number of carbonyl (C=O) groups excluding carboxylic acids is 2. The molecule has 0 bridgehead atoms. The zero-order chi connectivity index (χ0) is 24.1. The average molecular weight is 477 g/mol. The molecule has 1 atom stereocenters. The Morgan fingerprint density at radius 2 is 1.82 bits per heavy atom. The SMILES string of the molecule is COc1ccc(C2=NN(C(NC(=O)c3ccccn3)c3ccccc3C)C(=O)SC2)cc1OC. The largest absolute Gasteiger partial charge is 0.493 e. The van der Waals surface area contributed by atoms with Crippen LogP contribution < -0.4 is 14.8 Å². The van der Waals surface area contributed by atoms with Crippen molar-refractivity contribution in [3.63, 3.8) is 0 Å². The summed E-state index contributed by atoms with van der Waals surface area (Å²) in [6.45, 7) is 1.93. The van der Waals surface area contributed by atoms with E-state index in [-0.39, 0.29) is 10.9 Å². The van der Waals surface area contributed by atoms with Gasteiger partial charge in [-0.1, -0.05) is 42.1 Å². The Morgan fingerprint density at radius 3 is 2.53 bits per heavy atom.